The summed E-state index contributed by atoms with van der Waals surface area (Å²) in [6.45, 7) is 9.83. The second kappa shape index (κ2) is 6.74. The van der Waals surface area contributed by atoms with E-state index in [1.807, 2.05) is 57.7 Å². The maximum Gasteiger partial charge on any atom is 0.411 e. The number of carbonyl (C=O) groups is 1. The standard InChI is InChI=1S/C21H29NO3/c1-14(2)24-19-9-7-6-8-18(19)15-12-16-10-11-17(13-15)22(16)20(23)25-21(3,4)5/h6-9,12,14,16-17H,10-11,13H2,1-5H3. The molecule has 2 heterocycles. The van der Waals surface area contributed by atoms with Crippen molar-refractivity contribution in [1.29, 1.82) is 0 Å². The normalized spacial score (nSPS) is 22.8. The van der Waals surface area contributed by atoms with Crippen LogP contribution in [0.25, 0.3) is 5.57 Å². The number of rotatable bonds is 3. The smallest absolute Gasteiger partial charge is 0.411 e. The maximum absolute atomic E-state index is 12.6. The van der Waals surface area contributed by atoms with Gasteiger partial charge in [-0.1, -0.05) is 24.3 Å². The minimum Gasteiger partial charge on any atom is -0.490 e. The Morgan fingerprint density at radius 1 is 1.20 bits per heavy atom. The molecule has 4 nitrogen and oxygen atoms in total. The van der Waals surface area contributed by atoms with Crippen molar-refractivity contribution in [2.24, 2.45) is 0 Å². The number of hydrogen-bond acceptors (Lipinski definition) is 3. The van der Waals surface area contributed by atoms with Crippen LogP contribution in [0.15, 0.2) is 30.3 Å². The second-order valence-corrected chi connectivity index (χ2v) is 8.24. The molecule has 2 unspecified atom stereocenters. The third-order valence-electron chi connectivity index (χ3n) is 4.60. The van der Waals surface area contributed by atoms with Crippen LogP contribution in [0.1, 0.15) is 59.4 Å². The van der Waals surface area contributed by atoms with E-state index in [-0.39, 0.29) is 24.3 Å². The van der Waals surface area contributed by atoms with Crippen LogP contribution >= 0.6 is 0 Å². The lowest BCUT2D eigenvalue weighted by molar-refractivity contribution is 0.0175. The van der Waals surface area contributed by atoms with E-state index in [1.165, 1.54) is 5.57 Å². The first kappa shape index (κ1) is 17.8. The highest BCUT2D eigenvalue weighted by atomic mass is 16.6. The van der Waals surface area contributed by atoms with E-state index in [2.05, 4.69) is 12.1 Å². The summed E-state index contributed by atoms with van der Waals surface area (Å²) in [6, 6.07) is 8.53. The second-order valence-electron chi connectivity index (χ2n) is 8.24. The van der Waals surface area contributed by atoms with Crippen LogP contribution in [0.2, 0.25) is 0 Å². The zero-order chi connectivity index (χ0) is 18.2. The molecule has 0 N–H and O–H groups in total. The first-order chi connectivity index (χ1) is 11.7. The molecule has 25 heavy (non-hydrogen) atoms. The van der Waals surface area contributed by atoms with Crippen molar-refractivity contribution in [3.63, 3.8) is 0 Å². The molecule has 3 rings (SSSR count). The zero-order valence-corrected chi connectivity index (χ0v) is 15.9. The quantitative estimate of drug-likeness (QED) is 0.773. The van der Waals surface area contributed by atoms with Crippen LogP contribution in [0.5, 0.6) is 5.75 Å². The summed E-state index contributed by atoms with van der Waals surface area (Å²) < 4.78 is 11.6. The molecule has 0 aromatic heterocycles. The lowest BCUT2D eigenvalue weighted by atomic mass is 9.94. The average Bonchev–Trinajstić information content (AvgIpc) is 2.76. The number of amides is 1. The molecule has 1 aromatic carbocycles. The van der Waals surface area contributed by atoms with Gasteiger partial charge in [-0.2, -0.15) is 0 Å². The number of ether oxygens (including phenoxy) is 2. The molecule has 1 saturated heterocycles. The van der Waals surface area contributed by atoms with Gasteiger partial charge in [0, 0.05) is 11.6 Å². The molecule has 2 bridgehead atoms. The van der Waals surface area contributed by atoms with E-state index in [9.17, 15) is 4.79 Å². The molecule has 0 aliphatic carbocycles. The van der Waals surface area contributed by atoms with Crippen molar-refractivity contribution in [3.8, 4) is 5.75 Å². The Balaban J connectivity index is 1.84. The minimum atomic E-state index is -0.460. The molecule has 2 aliphatic rings. The van der Waals surface area contributed by atoms with Crippen LogP contribution in [-0.2, 0) is 4.74 Å². The van der Waals surface area contributed by atoms with Gasteiger partial charge < -0.3 is 9.47 Å². The molecule has 4 heteroatoms. The summed E-state index contributed by atoms with van der Waals surface area (Å²) in [4.78, 5) is 14.5. The summed E-state index contributed by atoms with van der Waals surface area (Å²) in [5.74, 6) is 0.925. The molecule has 0 spiro atoms. The predicted molar refractivity (Wildman–Crippen MR) is 99.7 cm³/mol. The van der Waals surface area contributed by atoms with E-state index in [4.69, 9.17) is 9.47 Å². The number of carbonyl (C=O) groups excluding carboxylic acids is 1. The van der Waals surface area contributed by atoms with Crippen molar-refractivity contribution < 1.29 is 14.3 Å². The van der Waals surface area contributed by atoms with E-state index in [1.54, 1.807) is 0 Å². The summed E-state index contributed by atoms with van der Waals surface area (Å²) in [5, 5.41) is 0. The van der Waals surface area contributed by atoms with Crippen LogP contribution < -0.4 is 4.74 Å². The highest BCUT2D eigenvalue weighted by Gasteiger charge is 2.41. The number of para-hydroxylation sites is 1. The van der Waals surface area contributed by atoms with Crippen LogP contribution in [-0.4, -0.2) is 34.8 Å². The van der Waals surface area contributed by atoms with Gasteiger partial charge in [-0.3, -0.25) is 4.90 Å². The Kier molecular flexibility index (Phi) is 4.81. The van der Waals surface area contributed by atoms with Gasteiger partial charge in [-0.05, 0) is 65.5 Å². The molecule has 2 aliphatic heterocycles. The largest absolute Gasteiger partial charge is 0.490 e. The Labute approximate surface area is 150 Å². The van der Waals surface area contributed by atoms with Crippen LogP contribution in [0, 0.1) is 0 Å². The number of nitrogens with zero attached hydrogens (tertiary/aromatic N) is 1. The van der Waals surface area contributed by atoms with Gasteiger partial charge in [-0.25, -0.2) is 4.79 Å². The third-order valence-corrected chi connectivity index (χ3v) is 4.60. The Hall–Kier alpha value is -1.97. The van der Waals surface area contributed by atoms with Gasteiger partial charge in [0.25, 0.3) is 0 Å². The number of hydrogen-bond donors (Lipinski definition) is 0. The third kappa shape index (κ3) is 4.00. The van der Waals surface area contributed by atoms with Gasteiger partial charge in [0.1, 0.15) is 11.4 Å². The predicted octanol–water partition coefficient (Wildman–Crippen LogP) is 5.03. The fraction of sp³-hybridized carbons (Fsp3) is 0.571. The van der Waals surface area contributed by atoms with Gasteiger partial charge in [0.2, 0.25) is 0 Å². The Morgan fingerprint density at radius 3 is 2.56 bits per heavy atom. The molecular formula is C21H29NO3. The van der Waals surface area contributed by atoms with Crippen molar-refractivity contribution in [2.45, 2.75) is 77.7 Å². The summed E-state index contributed by atoms with van der Waals surface area (Å²) in [6.07, 6.45) is 5.06. The monoisotopic (exact) mass is 343 g/mol. The van der Waals surface area contributed by atoms with Gasteiger partial charge in [0.05, 0.1) is 12.1 Å². The van der Waals surface area contributed by atoms with Crippen LogP contribution in [0.4, 0.5) is 4.79 Å². The van der Waals surface area contributed by atoms with Crippen LogP contribution in [0.3, 0.4) is 0 Å². The number of fused-ring (bicyclic) bond motifs is 2. The summed E-state index contributed by atoms with van der Waals surface area (Å²) in [7, 11) is 0. The lowest BCUT2D eigenvalue weighted by Crippen LogP contribution is -2.45. The summed E-state index contributed by atoms with van der Waals surface area (Å²) in [5.41, 5.74) is 1.97. The SMILES string of the molecule is CC(C)Oc1ccccc1C1=CC2CCC(C1)N2C(=O)OC(C)(C)C. The number of benzene rings is 1. The first-order valence-corrected chi connectivity index (χ1v) is 9.22. The molecule has 0 radical (unpaired) electrons. The van der Waals surface area contributed by atoms with Gasteiger partial charge >= 0.3 is 6.09 Å². The lowest BCUT2D eigenvalue weighted by Gasteiger charge is -2.35. The van der Waals surface area contributed by atoms with E-state index >= 15 is 0 Å². The maximum atomic E-state index is 12.6. The molecule has 0 saturated carbocycles. The zero-order valence-electron chi connectivity index (χ0n) is 15.9. The molecule has 1 aromatic rings. The highest BCUT2D eigenvalue weighted by Crippen LogP contribution is 2.41. The van der Waals surface area contributed by atoms with Crippen molar-refractivity contribution >= 4 is 11.7 Å². The highest BCUT2D eigenvalue weighted by molar-refractivity contribution is 5.77. The van der Waals surface area contributed by atoms with Crippen molar-refractivity contribution in [2.75, 3.05) is 0 Å². The Bertz CT molecular complexity index is 672. The van der Waals surface area contributed by atoms with Gasteiger partial charge in [0.15, 0.2) is 0 Å². The minimum absolute atomic E-state index is 0.121. The van der Waals surface area contributed by atoms with E-state index in [0.29, 0.717) is 0 Å². The topological polar surface area (TPSA) is 38.8 Å². The van der Waals surface area contributed by atoms with Gasteiger partial charge in [-0.15, -0.1) is 0 Å². The fourth-order valence-corrected chi connectivity index (χ4v) is 3.72. The fourth-order valence-electron chi connectivity index (χ4n) is 3.72. The molecule has 136 valence electrons. The molecule has 1 fully saturated rings. The molecular weight excluding hydrogens is 314 g/mol. The first-order valence-electron chi connectivity index (χ1n) is 9.22. The summed E-state index contributed by atoms with van der Waals surface area (Å²) >= 11 is 0. The molecule has 1 amide bonds. The van der Waals surface area contributed by atoms with Crippen molar-refractivity contribution in [1.82, 2.24) is 4.90 Å². The molecule has 2 atom stereocenters. The van der Waals surface area contributed by atoms with E-state index < -0.39 is 5.60 Å². The van der Waals surface area contributed by atoms with E-state index in [0.717, 1.165) is 30.6 Å². The Morgan fingerprint density at radius 2 is 1.92 bits per heavy atom. The average molecular weight is 343 g/mol. The van der Waals surface area contributed by atoms with Crippen molar-refractivity contribution in [3.05, 3.63) is 35.9 Å².